The molecule has 12 heavy (non-hydrogen) atoms. The van der Waals surface area contributed by atoms with Crippen molar-refractivity contribution in [3.63, 3.8) is 0 Å². The molecule has 0 spiro atoms. The fourth-order valence-electron chi connectivity index (χ4n) is 0.685. The van der Waals surface area contributed by atoms with Gasteiger partial charge in [0.1, 0.15) is 0 Å². The molecule has 0 N–H and O–H groups in total. The van der Waals surface area contributed by atoms with E-state index in [1.54, 1.807) is 0 Å². The molecule has 0 atom stereocenters. The summed E-state index contributed by atoms with van der Waals surface area (Å²) in [5.74, 6) is -3.67. The lowest BCUT2D eigenvalue weighted by atomic mass is 9.80. The van der Waals surface area contributed by atoms with Crippen molar-refractivity contribution in [2.75, 3.05) is 0 Å². The third-order valence-electron chi connectivity index (χ3n) is 1.23. The Morgan fingerprint density at radius 2 is 1.75 bits per heavy atom. The Hall–Kier alpha value is -1.14. The van der Waals surface area contributed by atoms with Crippen molar-refractivity contribution >= 4 is 12.4 Å². The van der Waals surface area contributed by atoms with Crippen LogP contribution in [0.15, 0.2) is 12.3 Å². The van der Waals surface area contributed by atoms with Crippen LogP contribution in [0.1, 0.15) is 0 Å². The minimum atomic E-state index is -5.50. The summed E-state index contributed by atoms with van der Waals surface area (Å²) in [7, 11) is 0. The SMILES string of the molecule is Fc1nccc([B-](F)(F)F)c1F. The highest BCUT2D eigenvalue weighted by Gasteiger charge is 2.30. The van der Waals surface area contributed by atoms with E-state index in [-0.39, 0.29) is 0 Å². The Labute approximate surface area is 64.3 Å². The van der Waals surface area contributed by atoms with Gasteiger partial charge in [-0.1, -0.05) is 11.5 Å². The molecule has 66 valence electrons. The number of hydrogen-bond donors (Lipinski definition) is 0. The molecule has 0 saturated heterocycles. The average Bonchev–Trinajstić information content (AvgIpc) is 1.92. The van der Waals surface area contributed by atoms with Gasteiger partial charge in [0.2, 0.25) is 5.95 Å². The van der Waals surface area contributed by atoms with Gasteiger partial charge in [-0.25, -0.2) is 9.37 Å². The summed E-state index contributed by atoms with van der Waals surface area (Å²) < 4.78 is 60.1. The molecule has 0 bridgehead atoms. The van der Waals surface area contributed by atoms with Crippen LogP contribution < -0.4 is 5.46 Å². The second-order valence-corrected chi connectivity index (χ2v) is 2.08. The molecule has 1 heterocycles. The average molecular weight is 182 g/mol. The second-order valence-electron chi connectivity index (χ2n) is 2.08. The van der Waals surface area contributed by atoms with Crippen molar-refractivity contribution in [3.05, 3.63) is 24.0 Å². The molecule has 0 amide bonds. The van der Waals surface area contributed by atoms with Gasteiger partial charge in [0.15, 0.2) is 5.82 Å². The molecule has 0 aliphatic heterocycles. The zero-order valence-corrected chi connectivity index (χ0v) is 5.57. The number of halogens is 5. The van der Waals surface area contributed by atoms with Crippen LogP contribution in [-0.2, 0) is 0 Å². The molecule has 1 rings (SSSR count). The fraction of sp³-hybridized carbons (Fsp3) is 0. The summed E-state index contributed by atoms with van der Waals surface area (Å²) in [6, 6.07) is 0.401. The third-order valence-corrected chi connectivity index (χ3v) is 1.23. The molecule has 0 radical (unpaired) electrons. The maximum atomic E-state index is 12.4. The first-order valence-electron chi connectivity index (χ1n) is 2.93. The number of nitrogens with zero attached hydrogens (tertiary/aromatic N) is 1. The quantitative estimate of drug-likeness (QED) is 0.363. The zero-order valence-electron chi connectivity index (χ0n) is 5.57. The lowest BCUT2D eigenvalue weighted by Crippen LogP contribution is -2.37. The van der Waals surface area contributed by atoms with E-state index < -0.39 is 24.2 Å². The van der Waals surface area contributed by atoms with E-state index in [1.807, 2.05) is 0 Å². The van der Waals surface area contributed by atoms with Crippen LogP contribution in [0, 0.1) is 11.8 Å². The molecule has 0 unspecified atom stereocenters. The van der Waals surface area contributed by atoms with Gasteiger partial charge in [-0.15, -0.1) is 0 Å². The predicted molar refractivity (Wildman–Crippen MR) is 32.9 cm³/mol. The molecule has 1 aromatic rings. The minimum Gasteiger partial charge on any atom is -0.445 e. The maximum Gasteiger partial charge on any atom is 0.512 e. The van der Waals surface area contributed by atoms with Crippen LogP contribution >= 0.6 is 0 Å². The van der Waals surface area contributed by atoms with Crippen molar-refractivity contribution in [3.8, 4) is 0 Å². The molecule has 0 aliphatic rings. The van der Waals surface area contributed by atoms with Crippen LogP contribution in [0.25, 0.3) is 0 Å². The first kappa shape index (κ1) is 8.96. The van der Waals surface area contributed by atoms with E-state index in [9.17, 15) is 21.7 Å². The van der Waals surface area contributed by atoms with Crippen molar-refractivity contribution in [1.29, 1.82) is 0 Å². The van der Waals surface area contributed by atoms with Gasteiger partial charge in [-0.3, -0.25) is 0 Å². The summed E-state index contributed by atoms with van der Waals surface area (Å²) in [5, 5.41) is 0. The molecule has 7 heteroatoms. The minimum absolute atomic E-state index is 0.401. The number of aromatic nitrogens is 1. The van der Waals surface area contributed by atoms with E-state index >= 15 is 0 Å². The van der Waals surface area contributed by atoms with E-state index in [0.717, 1.165) is 0 Å². The highest BCUT2D eigenvalue weighted by Crippen LogP contribution is 2.11. The van der Waals surface area contributed by atoms with Gasteiger partial charge in [0, 0.05) is 6.20 Å². The lowest BCUT2D eigenvalue weighted by molar-refractivity contribution is 0.463. The molecule has 1 aromatic heterocycles. The van der Waals surface area contributed by atoms with Crippen LogP contribution in [-0.4, -0.2) is 12.0 Å². The second kappa shape index (κ2) is 2.73. The Morgan fingerprint density at radius 3 is 2.17 bits per heavy atom. The fourth-order valence-corrected chi connectivity index (χ4v) is 0.685. The lowest BCUT2D eigenvalue weighted by Gasteiger charge is -2.14. The van der Waals surface area contributed by atoms with Crippen LogP contribution in [0.2, 0.25) is 0 Å². The molecule has 0 fully saturated rings. The highest BCUT2D eigenvalue weighted by atomic mass is 19.4. The third kappa shape index (κ3) is 1.54. The first-order chi connectivity index (χ1) is 5.43. The molecule has 0 saturated carbocycles. The maximum absolute atomic E-state index is 12.4. The Morgan fingerprint density at radius 1 is 1.17 bits per heavy atom. The van der Waals surface area contributed by atoms with E-state index in [1.165, 1.54) is 0 Å². The predicted octanol–water partition coefficient (Wildman–Crippen LogP) is 1.41. The van der Waals surface area contributed by atoms with Crippen molar-refractivity contribution in [1.82, 2.24) is 4.98 Å². The zero-order chi connectivity index (χ0) is 9.35. The van der Waals surface area contributed by atoms with E-state index in [2.05, 4.69) is 4.98 Å². The van der Waals surface area contributed by atoms with Gasteiger partial charge >= 0.3 is 6.98 Å². The monoisotopic (exact) mass is 182 g/mol. The van der Waals surface area contributed by atoms with Crippen LogP contribution in [0.5, 0.6) is 0 Å². The summed E-state index contributed by atoms with van der Waals surface area (Å²) in [6.07, 6.45) is 0.572. The smallest absolute Gasteiger partial charge is 0.445 e. The first-order valence-corrected chi connectivity index (χ1v) is 2.93. The van der Waals surface area contributed by atoms with Crippen molar-refractivity contribution in [2.24, 2.45) is 0 Å². The van der Waals surface area contributed by atoms with Gasteiger partial charge in [-0.05, 0) is 0 Å². The Kier molecular flexibility index (Phi) is 2.03. The van der Waals surface area contributed by atoms with Crippen LogP contribution in [0.4, 0.5) is 21.7 Å². The van der Waals surface area contributed by atoms with Gasteiger partial charge in [-0.2, -0.15) is 4.39 Å². The van der Waals surface area contributed by atoms with Gasteiger partial charge < -0.3 is 12.9 Å². The standard InChI is InChI=1S/C5H2BF5N/c7-4-3(6(9,10)11)1-2-12-5(4)8/h1-2H/q-1. The van der Waals surface area contributed by atoms with Gasteiger partial charge in [0.25, 0.3) is 0 Å². The summed E-state index contributed by atoms with van der Waals surface area (Å²) >= 11 is 0. The number of rotatable bonds is 1. The topological polar surface area (TPSA) is 12.9 Å². The Balaban J connectivity index is 3.26. The number of hydrogen-bond acceptors (Lipinski definition) is 1. The normalized spacial score (nSPS) is 11.8. The Bertz CT molecular complexity index is 296. The highest BCUT2D eigenvalue weighted by molar-refractivity contribution is 6.73. The van der Waals surface area contributed by atoms with Gasteiger partial charge in [0.05, 0.1) is 0 Å². The molecule has 1 nitrogen and oxygen atoms in total. The van der Waals surface area contributed by atoms with E-state index in [4.69, 9.17) is 0 Å². The van der Waals surface area contributed by atoms with Crippen LogP contribution in [0.3, 0.4) is 0 Å². The number of pyridine rings is 1. The molecular weight excluding hydrogens is 180 g/mol. The van der Waals surface area contributed by atoms with E-state index in [0.29, 0.717) is 12.3 Å². The molecule has 0 aromatic carbocycles. The molecule has 0 aliphatic carbocycles. The van der Waals surface area contributed by atoms with Crippen molar-refractivity contribution < 1.29 is 21.7 Å². The summed E-state index contributed by atoms with van der Waals surface area (Å²) in [6.45, 7) is -5.50. The summed E-state index contributed by atoms with van der Waals surface area (Å²) in [5.41, 5.74) is -1.58. The van der Waals surface area contributed by atoms with Crippen molar-refractivity contribution in [2.45, 2.75) is 0 Å². The summed E-state index contributed by atoms with van der Waals surface area (Å²) in [4.78, 5) is 2.72. The largest absolute Gasteiger partial charge is 0.512 e. The molecular formula is C5H2BF5N-.